The highest BCUT2D eigenvalue weighted by molar-refractivity contribution is 7.81. The molecule has 3 aliphatic heterocycles. The second-order valence-corrected chi connectivity index (χ2v) is 12.3. The predicted molar refractivity (Wildman–Crippen MR) is 135 cm³/mol. The molecule has 1 amide bonds. The number of carbonyl (C=O) groups excluding carboxylic acids is 1. The molecule has 4 rings (SSSR count). The van der Waals surface area contributed by atoms with E-state index in [9.17, 15) is 48.5 Å². The van der Waals surface area contributed by atoms with Crippen molar-refractivity contribution >= 4 is 22.8 Å². The average molecular weight is 639 g/mol. The fraction of sp³-hybridized carbons (Fsp3) is 0.720. The van der Waals surface area contributed by atoms with Crippen molar-refractivity contribution in [2.45, 2.75) is 50.4 Å². The first-order valence-electron chi connectivity index (χ1n) is 13.2. The molecule has 0 bridgehead atoms. The molecule has 0 saturated carbocycles. The van der Waals surface area contributed by atoms with Gasteiger partial charge in [0.25, 0.3) is 6.10 Å². The molecule has 7 nitrogen and oxygen atoms in total. The Morgan fingerprint density at radius 3 is 2.00 bits per heavy atom. The largest absolute Gasteiger partial charge is 0.434 e. The Balaban J connectivity index is 1.43. The van der Waals surface area contributed by atoms with Crippen molar-refractivity contribution in [2.75, 3.05) is 63.5 Å². The van der Waals surface area contributed by atoms with Crippen LogP contribution in [0.3, 0.4) is 0 Å². The Morgan fingerprint density at radius 2 is 1.48 bits per heavy atom. The molecule has 1 spiro atoms. The van der Waals surface area contributed by atoms with Gasteiger partial charge in [-0.25, -0.2) is 13.3 Å². The summed E-state index contributed by atoms with van der Waals surface area (Å²) in [6.07, 6.45) is -18.3. The number of carbonyl (C=O) groups is 1. The van der Waals surface area contributed by atoms with Gasteiger partial charge in [-0.05, 0) is 42.4 Å². The van der Waals surface area contributed by atoms with Crippen molar-refractivity contribution in [3.8, 4) is 0 Å². The van der Waals surface area contributed by atoms with Crippen LogP contribution in [0.25, 0.3) is 0 Å². The van der Waals surface area contributed by atoms with Crippen LogP contribution < -0.4 is 4.90 Å². The Labute approximate surface area is 239 Å². The molecule has 17 heteroatoms. The van der Waals surface area contributed by atoms with Gasteiger partial charge in [0.15, 0.2) is 0 Å². The van der Waals surface area contributed by atoms with Crippen molar-refractivity contribution in [2.24, 2.45) is 5.41 Å². The summed E-state index contributed by atoms with van der Waals surface area (Å²) >= 11 is 0. The van der Waals surface area contributed by atoms with Gasteiger partial charge in [0.05, 0.1) is 16.5 Å². The number of hydrogen-bond donors (Lipinski definition) is 0. The van der Waals surface area contributed by atoms with Gasteiger partial charge in [0.1, 0.15) is 0 Å². The van der Waals surface area contributed by atoms with Crippen molar-refractivity contribution < 1.29 is 53.3 Å². The number of hydrogen-bond acceptors (Lipinski definition) is 5. The van der Waals surface area contributed by atoms with E-state index in [0.717, 1.165) is 36.3 Å². The molecule has 3 aliphatic rings. The van der Waals surface area contributed by atoms with Crippen LogP contribution in [0.1, 0.15) is 30.4 Å². The lowest BCUT2D eigenvalue weighted by atomic mass is 9.78. The normalized spacial score (nSPS) is 21.8. The number of rotatable bonds is 5. The number of anilines is 1. The zero-order valence-electron chi connectivity index (χ0n) is 22.6. The van der Waals surface area contributed by atoms with Crippen LogP contribution in [-0.4, -0.2) is 101 Å². The van der Waals surface area contributed by atoms with Crippen LogP contribution in [-0.2, 0) is 28.4 Å². The van der Waals surface area contributed by atoms with Gasteiger partial charge in [0, 0.05) is 70.8 Å². The summed E-state index contributed by atoms with van der Waals surface area (Å²) in [6.45, 7) is 2.16. The van der Waals surface area contributed by atoms with Gasteiger partial charge >= 0.3 is 24.6 Å². The second kappa shape index (κ2) is 12.0. The quantitative estimate of drug-likeness (QED) is 0.424. The Hall–Kier alpha value is -2.27. The molecule has 1 unspecified atom stereocenters. The number of amides is 1. The van der Waals surface area contributed by atoms with Gasteiger partial charge < -0.3 is 14.5 Å². The molecule has 238 valence electrons. The van der Waals surface area contributed by atoms with Gasteiger partial charge in [-0.2, -0.15) is 39.5 Å². The van der Waals surface area contributed by atoms with E-state index in [1.165, 1.54) is 6.07 Å². The van der Waals surface area contributed by atoms with Crippen LogP contribution in [0.4, 0.5) is 50.0 Å². The zero-order chi connectivity index (χ0) is 31.1. The van der Waals surface area contributed by atoms with Gasteiger partial charge in [0.2, 0.25) is 0 Å². The highest BCUT2D eigenvalue weighted by atomic mass is 32.2. The highest BCUT2D eigenvalue weighted by Gasteiger charge is 2.60. The van der Waals surface area contributed by atoms with Crippen LogP contribution in [0.2, 0.25) is 0 Å². The van der Waals surface area contributed by atoms with E-state index in [4.69, 9.17) is 0 Å². The van der Waals surface area contributed by atoms with Crippen molar-refractivity contribution in [1.29, 1.82) is 0 Å². The molecule has 3 heterocycles. The topological polar surface area (TPSA) is 56.3 Å². The van der Waals surface area contributed by atoms with Crippen molar-refractivity contribution in [1.82, 2.24) is 14.1 Å². The summed E-state index contributed by atoms with van der Waals surface area (Å²) < 4.78 is 135. The number of piperazine rings is 1. The SMILES string of the molecule is CS(=O)N1CCC2(CCN(c3cc(C(F)(F)F)ccc3CN3CCN(C(=O)OC(C(F)(F)F)C(F)(F)F)CC3)C2)CC1. The Morgan fingerprint density at radius 1 is 0.905 bits per heavy atom. The number of alkyl halides is 9. The van der Waals surface area contributed by atoms with E-state index in [2.05, 4.69) is 4.74 Å². The Bertz CT molecular complexity index is 1130. The minimum Gasteiger partial charge on any atom is -0.426 e. The third-order valence-electron chi connectivity index (χ3n) is 8.18. The minimum atomic E-state index is -5.82. The molecule has 3 saturated heterocycles. The standard InChI is InChI=1S/C25H31F9N4O3S/c1-42(40)38-8-5-22(6-9-38)4-7-37(16-22)19-14-18(23(26,27)28)3-2-17(19)15-35-10-12-36(13-11-35)21(39)41-20(24(29,30)31)25(32,33)34/h2-3,14,20H,4-13,15-16H2,1H3. The maximum Gasteiger partial charge on any atom is 0.434 e. The van der Waals surface area contributed by atoms with Gasteiger partial charge in [-0.3, -0.25) is 4.90 Å². The summed E-state index contributed by atoms with van der Waals surface area (Å²) in [5, 5.41) is 0. The summed E-state index contributed by atoms with van der Waals surface area (Å²) in [5.74, 6) is 0. The summed E-state index contributed by atoms with van der Waals surface area (Å²) in [7, 11) is -1.09. The molecule has 1 aromatic rings. The molecule has 0 N–H and O–H groups in total. The van der Waals surface area contributed by atoms with Crippen molar-refractivity contribution in [3.63, 3.8) is 0 Å². The van der Waals surface area contributed by atoms with E-state index in [0.29, 0.717) is 37.4 Å². The number of halogens is 9. The van der Waals surface area contributed by atoms with Crippen LogP contribution >= 0.6 is 0 Å². The summed E-state index contributed by atoms with van der Waals surface area (Å²) in [5.41, 5.74) is 0.0633. The van der Waals surface area contributed by atoms with Crippen LogP contribution in [0.15, 0.2) is 18.2 Å². The van der Waals surface area contributed by atoms with E-state index in [1.807, 2.05) is 9.21 Å². The minimum absolute atomic E-state index is 0.0617. The number of piperidine rings is 1. The summed E-state index contributed by atoms with van der Waals surface area (Å²) in [6, 6.07) is 3.46. The molecule has 3 fully saturated rings. The molecule has 42 heavy (non-hydrogen) atoms. The predicted octanol–water partition coefficient (Wildman–Crippen LogP) is 5.04. The van der Waals surface area contributed by atoms with Crippen LogP contribution in [0, 0.1) is 5.41 Å². The van der Waals surface area contributed by atoms with Crippen LogP contribution in [0.5, 0.6) is 0 Å². The number of benzene rings is 1. The third kappa shape index (κ3) is 7.62. The molecule has 0 radical (unpaired) electrons. The zero-order valence-corrected chi connectivity index (χ0v) is 23.4. The monoisotopic (exact) mass is 638 g/mol. The fourth-order valence-corrected chi connectivity index (χ4v) is 6.46. The maximum absolute atomic E-state index is 13.6. The number of ether oxygens (including phenoxy) is 1. The lowest BCUT2D eigenvalue weighted by molar-refractivity contribution is -0.308. The van der Waals surface area contributed by atoms with E-state index in [1.54, 1.807) is 11.2 Å². The molecule has 1 aromatic carbocycles. The lowest BCUT2D eigenvalue weighted by Crippen LogP contribution is -2.52. The number of nitrogens with zero attached hydrogens (tertiary/aromatic N) is 4. The van der Waals surface area contributed by atoms with E-state index in [-0.39, 0.29) is 38.1 Å². The fourth-order valence-electron chi connectivity index (χ4n) is 5.76. The highest BCUT2D eigenvalue weighted by Crippen LogP contribution is 2.44. The maximum atomic E-state index is 13.6. The van der Waals surface area contributed by atoms with Crippen molar-refractivity contribution in [3.05, 3.63) is 29.3 Å². The molecular formula is C25H31F9N4O3S. The van der Waals surface area contributed by atoms with Gasteiger partial charge in [-0.15, -0.1) is 0 Å². The Kier molecular flexibility index (Phi) is 9.34. The first-order valence-corrected chi connectivity index (χ1v) is 14.7. The van der Waals surface area contributed by atoms with E-state index >= 15 is 0 Å². The third-order valence-corrected chi connectivity index (χ3v) is 9.27. The smallest absolute Gasteiger partial charge is 0.426 e. The average Bonchev–Trinajstić information content (AvgIpc) is 3.29. The molecule has 1 atom stereocenters. The first-order chi connectivity index (χ1) is 19.4. The molecular weight excluding hydrogens is 607 g/mol. The summed E-state index contributed by atoms with van der Waals surface area (Å²) in [4.78, 5) is 16.5. The second-order valence-electron chi connectivity index (χ2n) is 11.0. The van der Waals surface area contributed by atoms with Gasteiger partial charge in [-0.1, -0.05) is 6.07 Å². The molecule has 0 aromatic heterocycles. The lowest BCUT2D eigenvalue weighted by Gasteiger charge is -2.38. The molecule has 0 aliphatic carbocycles. The first kappa shape index (κ1) is 32.6. The van der Waals surface area contributed by atoms with E-state index < -0.39 is 47.3 Å².